The van der Waals surface area contributed by atoms with Crippen molar-refractivity contribution in [1.82, 2.24) is 31.9 Å². The van der Waals surface area contributed by atoms with Crippen LogP contribution < -0.4 is 37.6 Å². The Kier molecular flexibility index (Phi) is 31.5. The molecule has 0 radical (unpaired) electrons. The van der Waals surface area contributed by atoms with Gasteiger partial charge in [0.25, 0.3) is 0 Å². The molecule has 86 heavy (non-hydrogen) atoms. The van der Waals surface area contributed by atoms with E-state index in [1.165, 1.54) is 67.2 Å². The van der Waals surface area contributed by atoms with Crippen molar-refractivity contribution >= 4 is 83.0 Å². The highest BCUT2D eigenvalue weighted by Gasteiger charge is 2.38. The van der Waals surface area contributed by atoms with E-state index in [0.717, 1.165) is 0 Å². The number of hydrogen-bond acceptors (Lipinski definition) is 19. The van der Waals surface area contributed by atoms with Crippen LogP contribution in [0.5, 0.6) is 11.5 Å². The molecule has 2 unspecified atom stereocenters. The normalized spacial score (nSPS) is 20.1. The zero-order valence-corrected chi connectivity index (χ0v) is 50.9. The third kappa shape index (κ3) is 24.6. The average Bonchev–Trinajstić information content (AvgIpc) is 3.19. The van der Waals surface area contributed by atoms with E-state index >= 15 is 0 Å². The molecule has 11 atom stereocenters. The maximum absolute atomic E-state index is 14.7. The Morgan fingerprint density at radius 2 is 1.34 bits per heavy atom. The summed E-state index contributed by atoms with van der Waals surface area (Å²) < 4.78 is 10.9. The van der Waals surface area contributed by atoms with Gasteiger partial charge in [0.15, 0.2) is 17.3 Å². The van der Waals surface area contributed by atoms with E-state index < -0.39 is 151 Å². The highest BCUT2D eigenvalue weighted by atomic mass is 32.2. The van der Waals surface area contributed by atoms with Crippen molar-refractivity contribution in [3.63, 3.8) is 0 Å². The predicted molar refractivity (Wildman–Crippen MR) is 325 cm³/mol. The zero-order valence-electron chi connectivity index (χ0n) is 49.2. The van der Waals surface area contributed by atoms with Gasteiger partial charge in [-0.05, 0) is 85.1 Å². The van der Waals surface area contributed by atoms with E-state index in [9.17, 15) is 68.4 Å². The van der Waals surface area contributed by atoms with Crippen LogP contribution in [-0.4, -0.2) is 179 Å². The summed E-state index contributed by atoms with van der Waals surface area (Å²) in [6.07, 6.45) is -0.615. The first kappa shape index (κ1) is 71.7. The minimum Gasteiger partial charge on any atom is -0.508 e. The molecule has 0 saturated carbocycles. The van der Waals surface area contributed by atoms with Gasteiger partial charge in [0.2, 0.25) is 35.4 Å². The summed E-state index contributed by atoms with van der Waals surface area (Å²) in [4.78, 5) is 140. The lowest BCUT2D eigenvalue weighted by atomic mass is 9.88. The smallest absolute Gasteiger partial charge is 0.246 e. The van der Waals surface area contributed by atoms with E-state index in [0.29, 0.717) is 35.3 Å². The second kappa shape index (κ2) is 37.7. The fourth-order valence-corrected chi connectivity index (χ4v) is 10.1. The van der Waals surface area contributed by atoms with Gasteiger partial charge in [-0.1, -0.05) is 74.9 Å². The van der Waals surface area contributed by atoms with Crippen molar-refractivity contribution in [3.05, 3.63) is 95.6 Å². The first-order valence-electron chi connectivity index (χ1n) is 28.9. The molecule has 0 aromatic heterocycles. The second-order valence-electron chi connectivity index (χ2n) is 21.6. The van der Waals surface area contributed by atoms with Crippen LogP contribution in [0.3, 0.4) is 0 Å². The molecule has 0 aliphatic carbocycles. The highest BCUT2D eigenvalue weighted by molar-refractivity contribution is 7.98. The maximum atomic E-state index is 14.7. The Balaban J connectivity index is 1.60. The van der Waals surface area contributed by atoms with Crippen LogP contribution in [0.4, 0.5) is 0 Å². The summed E-state index contributed by atoms with van der Waals surface area (Å²) in [5, 5.41) is 57.7. The van der Waals surface area contributed by atoms with Crippen LogP contribution in [-0.2, 0) is 76.7 Å². The lowest BCUT2D eigenvalue weighted by Crippen LogP contribution is -2.59. The van der Waals surface area contributed by atoms with Crippen molar-refractivity contribution < 1.29 is 77.8 Å². The number of aliphatic hydroxyl groups excluding tert-OH is 2. The third-order valence-corrected chi connectivity index (χ3v) is 15.8. The zero-order chi connectivity index (χ0) is 63.3. The number of carbonyl (C=O) groups is 10. The number of ketones is 4. The van der Waals surface area contributed by atoms with E-state index in [1.807, 2.05) is 13.2 Å². The van der Waals surface area contributed by atoms with E-state index in [-0.39, 0.29) is 81.4 Å². The number of aliphatic hydroxyl groups is 2. The standard InChI is InChI=1S/C61H85N7O16S2/c1-5-36(2)55-52(75)29-41(21-25-86-4)57(78)63-32-42(58(79)65-48(28-40-15-19-45(72)20-16-40)60(81)66-49(61(82)67-55)27-38-10-7-6-8-11-38)30-53(76)56(37(3)70)68-59(80)43(33-69)31-51(74)47(26-39-13-17-44(71)18-14-39)64-54(77)34-84-24-23-83-22-9-12-50(73)46(62)35-85/h6-8,10-11,13-20,36-37,41-43,46-49,55-56,69-72,85H,5,9,12,21-35,62H2,1-4H3,(H,63,78)(H,64,77)(H,65,79)(H,66,81)(H,67,82)(H,68,80)/t36?,37?,41-,42+,43+,46+,47+,48+,49+,55+,56+/m1/s1. The summed E-state index contributed by atoms with van der Waals surface area (Å²) in [5.41, 5.74) is 7.31. The van der Waals surface area contributed by atoms with E-state index in [1.54, 1.807) is 37.3 Å². The molecular formula is C61H85N7O16S2. The minimum atomic E-state index is -1.78. The molecule has 1 aliphatic rings. The van der Waals surface area contributed by atoms with Gasteiger partial charge in [0.1, 0.15) is 42.0 Å². The average molecular weight is 1240 g/mol. The predicted octanol–water partition coefficient (Wildman–Crippen LogP) is 1.22. The number of amides is 6. The number of rotatable bonds is 33. The summed E-state index contributed by atoms with van der Waals surface area (Å²) in [7, 11) is 0. The van der Waals surface area contributed by atoms with Crippen LogP contribution in [0.25, 0.3) is 0 Å². The number of phenolic OH excluding ortho intramolecular Hbond substituents is 2. The molecule has 472 valence electrons. The van der Waals surface area contributed by atoms with Gasteiger partial charge in [-0.2, -0.15) is 24.4 Å². The number of nitrogens with one attached hydrogen (secondary N) is 6. The number of hydrogen-bond donors (Lipinski definition) is 12. The number of thiol groups is 1. The molecule has 1 saturated heterocycles. The number of benzene rings is 3. The SMILES string of the molecule is CCC(C)[C@@H]1NC(=O)[C@H](Cc2ccccc2)NC(=O)[C@H](Cc2ccc(O)cc2)NC(=O)[C@@H](CC(=O)[C@@H](NC(=O)[C@H](CO)CC(=O)[C@H](Cc2ccc(O)cc2)NC(=O)COCCOCCCC(=O)[C@@H](N)CS)C(C)O)CNC(=O)[C@H](CCSC)CC1=O. The molecule has 25 heteroatoms. The van der Waals surface area contributed by atoms with Crippen LogP contribution in [0.1, 0.15) is 82.4 Å². The van der Waals surface area contributed by atoms with Crippen LogP contribution >= 0.6 is 24.4 Å². The molecule has 0 bridgehead atoms. The lowest BCUT2D eigenvalue weighted by Gasteiger charge is -2.30. The first-order chi connectivity index (χ1) is 41.1. The fourth-order valence-electron chi connectivity index (χ4n) is 9.41. The molecule has 3 aromatic rings. The highest BCUT2D eigenvalue weighted by Crippen LogP contribution is 2.22. The van der Waals surface area contributed by atoms with Crippen molar-refractivity contribution in [2.75, 3.05) is 57.3 Å². The molecule has 12 N–H and O–H groups in total. The summed E-state index contributed by atoms with van der Waals surface area (Å²) >= 11 is 5.46. The van der Waals surface area contributed by atoms with Gasteiger partial charge in [0, 0.05) is 63.3 Å². The van der Waals surface area contributed by atoms with Gasteiger partial charge >= 0.3 is 0 Å². The quantitative estimate of drug-likeness (QED) is 0.0301. The maximum Gasteiger partial charge on any atom is 0.246 e. The molecule has 4 rings (SSSR count). The van der Waals surface area contributed by atoms with Gasteiger partial charge in [-0.25, -0.2) is 0 Å². The Labute approximate surface area is 511 Å². The molecule has 0 spiro atoms. The first-order valence-corrected chi connectivity index (χ1v) is 30.9. The Morgan fingerprint density at radius 1 is 0.744 bits per heavy atom. The van der Waals surface area contributed by atoms with Gasteiger partial charge in [0.05, 0.1) is 55.9 Å². The molecule has 1 heterocycles. The number of nitrogens with two attached hydrogens (primary N) is 1. The Morgan fingerprint density at radius 3 is 1.93 bits per heavy atom. The molecule has 1 aliphatic heterocycles. The monoisotopic (exact) mass is 1240 g/mol. The summed E-state index contributed by atoms with van der Waals surface area (Å²) in [6.45, 7) is 3.16. The number of aromatic hydroxyl groups is 2. The molecule has 1 fully saturated rings. The summed E-state index contributed by atoms with van der Waals surface area (Å²) in [5.74, 6) is -11.0. The van der Waals surface area contributed by atoms with Crippen LogP contribution in [0.15, 0.2) is 78.9 Å². The van der Waals surface area contributed by atoms with Crippen molar-refractivity contribution in [2.24, 2.45) is 29.4 Å². The summed E-state index contributed by atoms with van der Waals surface area (Å²) in [6, 6.07) is 12.8. The van der Waals surface area contributed by atoms with Crippen molar-refractivity contribution in [2.45, 2.75) is 127 Å². The number of phenols is 2. The van der Waals surface area contributed by atoms with E-state index in [2.05, 4.69) is 44.5 Å². The number of carbonyl (C=O) groups excluding carboxylic acids is 10. The number of Topliss-reactive ketones (excluding diaryl/α,β-unsaturated/α-hetero) is 4. The van der Waals surface area contributed by atoms with E-state index in [4.69, 9.17) is 15.2 Å². The minimum absolute atomic E-state index is 0.0139. The lowest BCUT2D eigenvalue weighted by molar-refractivity contribution is -0.138. The van der Waals surface area contributed by atoms with Gasteiger partial charge < -0.3 is 67.5 Å². The van der Waals surface area contributed by atoms with Crippen molar-refractivity contribution in [3.8, 4) is 11.5 Å². The van der Waals surface area contributed by atoms with Crippen molar-refractivity contribution in [1.29, 1.82) is 0 Å². The Hall–Kier alpha value is -6.74. The second-order valence-corrected chi connectivity index (χ2v) is 23.0. The van der Waals surface area contributed by atoms with Crippen LogP contribution in [0, 0.1) is 23.7 Å². The third-order valence-electron chi connectivity index (χ3n) is 14.8. The van der Waals surface area contributed by atoms with Gasteiger partial charge in [-0.3, -0.25) is 47.9 Å². The molecule has 23 nitrogen and oxygen atoms in total. The largest absolute Gasteiger partial charge is 0.508 e. The Bertz CT molecular complexity index is 2710. The number of ether oxygens (including phenoxy) is 2. The number of thioether (sulfide) groups is 1. The molecule has 3 aromatic carbocycles. The topological polar surface area (TPSA) is 368 Å². The van der Waals surface area contributed by atoms with Gasteiger partial charge in [-0.15, -0.1) is 0 Å². The molecule has 6 amide bonds. The molecular weight excluding hydrogens is 1150 g/mol. The fraction of sp³-hybridized carbons (Fsp3) is 0.541. The van der Waals surface area contributed by atoms with Crippen LogP contribution in [0.2, 0.25) is 0 Å².